The highest BCUT2D eigenvalue weighted by Crippen LogP contribution is 2.21. The smallest absolute Gasteiger partial charge is 0.227 e. The van der Waals surface area contributed by atoms with E-state index in [4.69, 9.17) is 0 Å². The summed E-state index contributed by atoms with van der Waals surface area (Å²) in [4.78, 5) is 16.5. The zero-order valence-electron chi connectivity index (χ0n) is 11.7. The van der Waals surface area contributed by atoms with Gasteiger partial charge in [0.05, 0.1) is 12.2 Å². The molecule has 1 amide bonds. The van der Waals surface area contributed by atoms with Gasteiger partial charge in [0.1, 0.15) is 0 Å². The molecular weight excluding hydrogens is 266 g/mol. The van der Waals surface area contributed by atoms with E-state index in [1.165, 1.54) is 10.6 Å². The van der Waals surface area contributed by atoms with Gasteiger partial charge in [0.2, 0.25) is 15.9 Å². The lowest BCUT2D eigenvalue weighted by Gasteiger charge is -2.37. The topological polar surface area (TPSA) is 60.9 Å². The van der Waals surface area contributed by atoms with Gasteiger partial charge >= 0.3 is 0 Å². The molecule has 2 heterocycles. The number of piperazine rings is 1. The van der Waals surface area contributed by atoms with E-state index < -0.39 is 10.0 Å². The molecule has 7 heteroatoms. The summed E-state index contributed by atoms with van der Waals surface area (Å²) in [5.41, 5.74) is 0. The van der Waals surface area contributed by atoms with E-state index in [2.05, 4.69) is 4.90 Å². The molecule has 0 aromatic heterocycles. The summed E-state index contributed by atoms with van der Waals surface area (Å²) >= 11 is 0. The molecule has 0 aliphatic carbocycles. The lowest BCUT2D eigenvalue weighted by molar-refractivity contribution is -0.138. The minimum atomic E-state index is -3.18. The van der Waals surface area contributed by atoms with Crippen LogP contribution in [0.4, 0.5) is 0 Å². The van der Waals surface area contributed by atoms with Crippen molar-refractivity contribution in [2.75, 3.05) is 52.6 Å². The standard InChI is InChI=1S/C12H23N3O3S/c1-13-6-8-14(9-7-13)12(16)11-4-3-5-15(10-11)19(2,17)18/h11H,3-10H2,1-2H3/t11-/m0/s1. The Morgan fingerprint density at radius 1 is 1.11 bits per heavy atom. The number of hydrogen-bond acceptors (Lipinski definition) is 4. The minimum absolute atomic E-state index is 0.126. The van der Waals surface area contributed by atoms with E-state index in [-0.39, 0.29) is 11.8 Å². The third kappa shape index (κ3) is 3.67. The van der Waals surface area contributed by atoms with Gasteiger partial charge in [-0.1, -0.05) is 0 Å². The third-order valence-corrected chi connectivity index (χ3v) is 5.29. The maximum atomic E-state index is 12.4. The summed E-state index contributed by atoms with van der Waals surface area (Å²) in [5, 5.41) is 0. The highest BCUT2D eigenvalue weighted by Gasteiger charge is 2.33. The molecule has 2 aliphatic rings. The summed E-state index contributed by atoms with van der Waals surface area (Å²) < 4.78 is 24.6. The van der Waals surface area contributed by atoms with E-state index in [0.717, 1.165) is 39.0 Å². The highest BCUT2D eigenvalue weighted by molar-refractivity contribution is 7.88. The van der Waals surface area contributed by atoms with E-state index in [1.54, 1.807) is 0 Å². The maximum Gasteiger partial charge on any atom is 0.227 e. The lowest BCUT2D eigenvalue weighted by Crippen LogP contribution is -2.52. The largest absolute Gasteiger partial charge is 0.340 e. The molecule has 0 saturated carbocycles. The number of carbonyl (C=O) groups excluding carboxylic acids is 1. The van der Waals surface area contributed by atoms with Crippen LogP contribution >= 0.6 is 0 Å². The molecule has 0 aromatic carbocycles. The van der Waals surface area contributed by atoms with Crippen molar-refractivity contribution in [2.24, 2.45) is 5.92 Å². The average molecular weight is 289 g/mol. The van der Waals surface area contributed by atoms with E-state index in [0.29, 0.717) is 13.1 Å². The second-order valence-corrected chi connectivity index (χ2v) is 7.57. The van der Waals surface area contributed by atoms with E-state index in [1.807, 2.05) is 11.9 Å². The quantitative estimate of drug-likeness (QED) is 0.683. The number of amides is 1. The van der Waals surface area contributed by atoms with Crippen molar-refractivity contribution in [3.63, 3.8) is 0 Å². The first-order chi connectivity index (χ1) is 8.88. The molecule has 0 bridgehead atoms. The number of piperidine rings is 1. The van der Waals surface area contributed by atoms with Gasteiger partial charge in [-0.3, -0.25) is 4.79 Å². The van der Waals surface area contributed by atoms with Crippen molar-refractivity contribution < 1.29 is 13.2 Å². The number of likely N-dealkylation sites (N-methyl/N-ethyl adjacent to an activating group) is 1. The van der Waals surface area contributed by atoms with Crippen LogP contribution in [-0.2, 0) is 14.8 Å². The van der Waals surface area contributed by atoms with E-state index >= 15 is 0 Å². The Bertz CT molecular complexity index is 430. The third-order valence-electron chi connectivity index (χ3n) is 4.02. The second-order valence-electron chi connectivity index (χ2n) is 5.59. The Morgan fingerprint density at radius 3 is 2.32 bits per heavy atom. The fourth-order valence-electron chi connectivity index (χ4n) is 2.73. The first kappa shape index (κ1) is 14.7. The molecular formula is C12H23N3O3S. The monoisotopic (exact) mass is 289 g/mol. The minimum Gasteiger partial charge on any atom is -0.340 e. The van der Waals surface area contributed by atoms with Crippen LogP contribution in [0.3, 0.4) is 0 Å². The molecule has 0 radical (unpaired) electrons. The van der Waals surface area contributed by atoms with Gasteiger partial charge in [0.15, 0.2) is 0 Å². The molecule has 2 fully saturated rings. The number of nitrogens with zero attached hydrogens (tertiary/aromatic N) is 3. The van der Waals surface area contributed by atoms with Gasteiger partial charge < -0.3 is 9.80 Å². The van der Waals surface area contributed by atoms with Crippen LogP contribution in [0.1, 0.15) is 12.8 Å². The Hall–Kier alpha value is -0.660. The summed E-state index contributed by atoms with van der Waals surface area (Å²) in [6.45, 7) is 4.20. The van der Waals surface area contributed by atoms with Crippen LogP contribution in [0.2, 0.25) is 0 Å². The molecule has 1 atom stereocenters. The molecule has 0 N–H and O–H groups in total. The van der Waals surface area contributed by atoms with Crippen molar-refractivity contribution >= 4 is 15.9 Å². The van der Waals surface area contributed by atoms with Crippen molar-refractivity contribution in [1.82, 2.24) is 14.1 Å². The predicted molar refractivity (Wildman–Crippen MR) is 73.2 cm³/mol. The summed E-state index contributed by atoms with van der Waals surface area (Å²) in [5.74, 6) is -0.0340. The average Bonchev–Trinajstić information content (AvgIpc) is 2.38. The van der Waals surface area contributed by atoms with Crippen LogP contribution in [0.15, 0.2) is 0 Å². The number of rotatable bonds is 2. The Morgan fingerprint density at radius 2 is 1.74 bits per heavy atom. The van der Waals surface area contributed by atoms with E-state index in [9.17, 15) is 13.2 Å². The van der Waals surface area contributed by atoms with Crippen molar-refractivity contribution in [3.8, 4) is 0 Å². The number of carbonyl (C=O) groups is 1. The molecule has 110 valence electrons. The first-order valence-electron chi connectivity index (χ1n) is 6.80. The molecule has 6 nitrogen and oxygen atoms in total. The van der Waals surface area contributed by atoms with Gasteiger partial charge in [-0.2, -0.15) is 0 Å². The zero-order chi connectivity index (χ0) is 14.0. The lowest BCUT2D eigenvalue weighted by atomic mass is 9.98. The summed E-state index contributed by atoms with van der Waals surface area (Å²) in [6.07, 6.45) is 2.80. The van der Waals surface area contributed by atoms with Crippen molar-refractivity contribution in [1.29, 1.82) is 0 Å². The fourth-order valence-corrected chi connectivity index (χ4v) is 3.64. The predicted octanol–water partition coefficient (Wildman–Crippen LogP) is -0.568. The SMILES string of the molecule is CN1CCN(C(=O)[C@H]2CCCN(S(C)(=O)=O)C2)CC1. The van der Waals surface area contributed by atoms with Crippen molar-refractivity contribution in [2.45, 2.75) is 12.8 Å². The van der Waals surface area contributed by atoms with Crippen LogP contribution in [0, 0.1) is 5.92 Å². The second kappa shape index (κ2) is 5.76. The molecule has 0 unspecified atom stereocenters. The molecule has 0 spiro atoms. The Balaban J connectivity index is 1.95. The fraction of sp³-hybridized carbons (Fsp3) is 0.917. The molecule has 2 rings (SSSR count). The van der Waals surface area contributed by atoms with Gasteiger partial charge in [0, 0.05) is 39.3 Å². The van der Waals surface area contributed by atoms with Crippen LogP contribution in [0.25, 0.3) is 0 Å². The van der Waals surface area contributed by atoms with Crippen LogP contribution in [0.5, 0.6) is 0 Å². The van der Waals surface area contributed by atoms with Crippen molar-refractivity contribution in [3.05, 3.63) is 0 Å². The van der Waals surface area contributed by atoms with Crippen LogP contribution < -0.4 is 0 Å². The zero-order valence-corrected chi connectivity index (χ0v) is 12.5. The first-order valence-corrected chi connectivity index (χ1v) is 8.65. The Kier molecular flexibility index (Phi) is 4.47. The summed E-state index contributed by atoms with van der Waals surface area (Å²) in [7, 11) is -1.13. The van der Waals surface area contributed by atoms with Gasteiger partial charge in [-0.25, -0.2) is 12.7 Å². The van der Waals surface area contributed by atoms with Crippen LogP contribution in [-0.4, -0.2) is 81.0 Å². The molecule has 19 heavy (non-hydrogen) atoms. The highest BCUT2D eigenvalue weighted by atomic mass is 32.2. The van der Waals surface area contributed by atoms with Gasteiger partial charge in [-0.05, 0) is 19.9 Å². The Labute approximate surface area is 115 Å². The normalized spacial score (nSPS) is 27.5. The molecule has 0 aromatic rings. The van der Waals surface area contributed by atoms with Gasteiger partial charge in [-0.15, -0.1) is 0 Å². The number of hydrogen-bond donors (Lipinski definition) is 0. The molecule has 2 saturated heterocycles. The maximum absolute atomic E-state index is 12.4. The summed E-state index contributed by atoms with van der Waals surface area (Å²) in [6, 6.07) is 0. The number of sulfonamides is 1. The molecule has 2 aliphatic heterocycles. The van der Waals surface area contributed by atoms with Gasteiger partial charge in [0.25, 0.3) is 0 Å².